The number of ether oxygens (including phenoxy) is 1. The van der Waals surface area contributed by atoms with Crippen molar-refractivity contribution in [2.75, 3.05) is 13.1 Å². The topological polar surface area (TPSA) is 72.4 Å². The summed E-state index contributed by atoms with van der Waals surface area (Å²) in [4.78, 5) is 35.8. The molecule has 1 amide bonds. The van der Waals surface area contributed by atoms with Gasteiger partial charge in [-0.1, -0.05) is 48.5 Å². The molecular weight excluding hydrogens is 366 g/mol. The summed E-state index contributed by atoms with van der Waals surface area (Å²) in [5.74, 6) is 0.283. The van der Waals surface area contributed by atoms with Crippen LogP contribution in [0.2, 0.25) is 0 Å². The Morgan fingerprint density at radius 3 is 2.28 bits per heavy atom. The quantitative estimate of drug-likeness (QED) is 0.628. The summed E-state index contributed by atoms with van der Waals surface area (Å²) in [6.07, 6.45) is 4.53. The number of rotatable bonds is 5. The second-order valence-corrected chi connectivity index (χ2v) is 6.90. The molecule has 6 nitrogen and oxygen atoms in total. The van der Waals surface area contributed by atoms with E-state index in [1.165, 1.54) is 6.33 Å². The molecule has 4 rings (SSSR count). The monoisotopic (exact) mass is 387 g/mol. The number of hydrogen-bond donors (Lipinski definition) is 0. The molecule has 1 aliphatic heterocycles. The number of ketones is 1. The fraction of sp³-hybridized carbons (Fsp3) is 0.217. The Kier molecular flexibility index (Phi) is 5.61. The maximum Gasteiger partial charge on any atom is 0.254 e. The van der Waals surface area contributed by atoms with Gasteiger partial charge in [0.05, 0.1) is 5.56 Å². The standard InChI is InChI=1S/C23H21N3O3/c27-22(17-6-2-1-3-7-17)19-8-4-5-9-20(19)23(28)26-14-11-18(12-15-26)29-21-10-13-24-16-25-21/h1-10,13,16,18H,11-12,14-15H2. The fourth-order valence-electron chi connectivity index (χ4n) is 3.48. The lowest BCUT2D eigenvalue weighted by Crippen LogP contribution is -2.42. The fourth-order valence-corrected chi connectivity index (χ4v) is 3.48. The lowest BCUT2D eigenvalue weighted by Gasteiger charge is -2.32. The SMILES string of the molecule is O=C(c1ccccc1)c1ccccc1C(=O)N1CCC(Oc2ccncn2)CC1. The van der Waals surface area contributed by atoms with Crippen LogP contribution in [-0.4, -0.2) is 45.8 Å². The molecule has 0 N–H and O–H groups in total. The third kappa shape index (κ3) is 4.32. The van der Waals surface area contributed by atoms with Gasteiger partial charge < -0.3 is 9.64 Å². The molecule has 146 valence electrons. The zero-order valence-electron chi connectivity index (χ0n) is 15.9. The van der Waals surface area contributed by atoms with Crippen molar-refractivity contribution in [1.82, 2.24) is 14.9 Å². The van der Waals surface area contributed by atoms with Crippen molar-refractivity contribution >= 4 is 11.7 Å². The Bertz CT molecular complexity index is 985. The minimum absolute atomic E-state index is 0.00939. The van der Waals surface area contributed by atoms with E-state index in [9.17, 15) is 9.59 Å². The Morgan fingerprint density at radius 2 is 1.59 bits per heavy atom. The van der Waals surface area contributed by atoms with Crippen LogP contribution in [0.15, 0.2) is 73.2 Å². The number of benzene rings is 2. The van der Waals surface area contributed by atoms with E-state index in [0.717, 1.165) is 0 Å². The molecule has 0 unspecified atom stereocenters. The molecule has 0 aliphatic carbocycles. The molecule has 1 aromatic heterocycles. The number of nitrogens with zero attached hydrogens (tertiary/aromatic N) is 3. The van der Waals surface area contributed by atoms with Crippen LogP contribution >= 0.6 is 0 Å². The summed E-state index contributed by atoms with van der Waals surface area (Å²) >= 11 is 0. The summed E-state index contributed by atoms with van der Waals surface area (Å²) < 4.78 is 5.87. The van der Waals surface area contributed by atoms with E-state index in [1.54, 1.807) is 53.6 Å². The average molecular weight is 387 g/mol. The van der Waals surface area contributed by atoms with Gasteiger partial charge in [0.25, 0.3) is 5.91 Å². The van der Waals surface area contributed by atoms with Gasteiger partial charge >= 0.3 is 0 Å². The van der Waals surface area contributed by atoms with Crippen LogP contribution in [0.4, 0.5) is 0 Å². The van der Waals surface area contributed by atoms with E-state index in [4.69, 9.17) is 4.74 Å². The lowest BCUT2D eigenvalue weighted by atomic mass is 9.97. The molecule has 3 aromatic rings. The molecule has 29 heavy (non-hydrogen) atoms. The van der Waals surface area contributed by atoms with Gasteiger partial charge in [-0.25, -0.2) is 9.97 Å². The van der Waals surface area contributed by atoms with Gasteiger partial charge in [-0.15, -0.1) is 0 Å². The highest BCUT2D eigenvalue weighted by atomic mass is 16.5. The predicted molar refractivity (Wildman–Crippen MR) is 108 cm³/mol. The number of aromatic nitrogens is 2. The maximum absolute atomic E-state index is 13.1. The number of hydrogen-bond acceptors (Lipinski definition) is 5. The van der Waals surface area contributed by atoms with Crippen LogP contribution in [0.25, 0.3) is 0 Å². The molecule has 0 bridgehead atoms. The highest BCUT2D eigenvalue weighted by Crippen LogP contribution is 2.21. The second-order valence-electron chi connectivity index (χ2n) is 6.90. The molecule has 0 atom stereocenters. The van der Waals surface area contributed by atoms with E-state index in [0.29, 0.717) is 48.5 Å². The number of likely N-dealkylation sites (tertiary alicyclic amines) is 1. The molecule has 0 spiro atoms. The van der Waals surface area contributed by atoms with Gasteiger partial charge in [0.2, 0.25) is 5.88 Å². The van der Waals surface area contributed by atoms with Crippen molar-refractivity contribution in [3.63, 3.8) is 0 Å². The summed E-state index contributed by atoms with van der Waals surface area (Å²) in [6, 6.07) is 17.8. The molecule has 0 saturated carbocycles. The Labute approximate surface area is 169 Å². The smallest absolute Gasteiger partial charge is 0.254 e. The number of piperidine rings is 1. The Morgan fingerprint density at radius 1 is 0.897 bits per heavy atom. The third-order valence-electron chi connectivity index (χ3n) is 5.01. The van der Waals surface area contributed by atoms with Gasteiger partial charge in [0.1, 0.15) is 12.4 Å². The van der Waals surface area contributed by atoms with Crippen LogP contribution in [0.1, 0.15) is 39.1 Å². The Hall–Kier alpha value is -3.54. The number of amides is 1. The van der Waals surface area contributed by atoms with Crippen molar-refractivity contribution in [1.29, 1.82) is 0 Å². The first-order valence-electron chi connectivity index (χ1n) is 9.63. The van der Waals surface area contributed by atoms with Crippen LogP contribution < -0.4 is 4.74 Å². The lowest BCUT2D eigenvalue weighted by molar-refractivity contribution is 0.0585. The summed E-state index contributed by atoms with van der Waals surface area (Å²) in [6.45, 7) is 1.14. The van der Waals surface area contributed by atoms with Gasteiger partial charge in [-0.05, 0) is 6.07 Å². The van der Waals surface area contributed by atoms with E-state index >= 15 is 0 Å². The van der Waals surface area contributed by atoms with Gasteiger partial charge in [-0.3, -0.25) is 9.59 Å². The molecule has 1 saturated heterocycles. The molecule has 2 heterocycles. The van der Waals surface area contributed by atoms with E-state index in [1.807, 2.05) is 18.2 Å². The van der Waals surface area contributed by atoms with E-state index < -0.39 is 0 Å². The average Bonchev–Trinajstić information content (AvgIpc) is 2.80. The summed E-state index contributed by atoms with van der Waals surface area (Å²) in [5.41, 5.74) is 1.45. The van der Waals surface area contributed by atoms with Crippen molar-refractivity contribution in [3.05, 3.63) is 89.9 Å². The Balaban J connectivity index is 1.45. The van der Waals surface area contributed by atoms with Crippen LogP contribution in [0.3, 0.4) is 0 Å². The predicted octanol–water partition coefficient (Wildman–Crippen LogP) is 3.39. The van der Waals surface area contributed by atoms with Crippen molar-refractivity contribution < 1.29 is 14.3 Å². The maximum atomic E-state index is 13.1. The minimum Gasteiger partial charge on any atom is -0.474 e. The largest absolute Gasteiger partial charge is 0.474 e. The molecular formula is C23H21N3O3. The highest BCUT2D eigenvalue weighted by molar-refractivity contribution is 6.15. The number of carbonyl (C=O) groups is 2. The third-order valence-corrected chi connectivity index (χ3v) is 5.01. The van der Waals surface area contributed by atoms with E-state index in [2.05, 4.69) is 9.97 Å². The second kappa shape index (κ2) is 8.65. The number of carbonyl (C=O) groups excluding carboxylic acids is 2. The zero-order chi connectivity index (χ0) is 20.1. The first kappa shape index (κ1) is 18.8. The molecule has 1 aliphatic rings. The van der Waals surface area contributed by atoms with Crippen molar-refractivity contribution in [2.45, 2.75) is 18.9 Å². The van der Waals surface area contributed by atoms with Gasteiger partial charge in [0.15, 0.2) is 5.78 Å². The molecule has 0 radical (unpaired) electrons. The van der Waals surface area contributed by atoms with Crippen molar-refractivity contribution in [2.24, 2.45) is 0 Å². The first-order valence-corrected chi connectivity index (χ1v) is 9.63. The van der Waals surface area contributed by atoms with Crippen LogP contribution in [0, 0.1) is 0 Å². The first-order chi connectivity index (χ1) is 14.2. The van der Waals surface area contributed by atoms with Crippen LogP contribution in [-0.2, 0) is 0 Å². The van der Waals surface area contributed by atoms with Gasteiger partial charge in [-0.2, -0.15) is 0 Å². The zero-order valence-corrected chi connectivity index (χ0v) is 15.9. The molecule has 6 heteroatoms. The summed E-state index contributed by atoms with van der Waals surface area (Å²) in [7, 11) is 0. The normalized spacial score (nSPS) is 14.4. The highest BCUT2D eigenvalue weighted by Gasteiger charge is 2.27. The van der Waals surface area contributed by atoms with E-state index in [-0.39, 0.29) is 17.8 Å². The van der Waals surface area contributed by atoms with Gasteiger partial charge in [0, 0.05) is 49.3 Å². The summed E-state index contributed by atoms with van der Waals surface area (Å²) in [5, 5.41) is 0. The molecule has 2 aromatic carbocycles. The van der Waals surface area contributed by atoms with Crippen LogP contribution in [0.5, 0.6) is 5.88 Å². The minimum atomic E-state index is -0.142. The van der Waals surface area contributed by atoms with Crippen molar-refractivity contribution in [3.8, 4) is 5.88 Å². The molecule has 1 fully saturated rings.